The van der Waals surface area contributed by atoms with Crippen LogP contribution in [0.15, 0.2) is 29.4 Å². The molecule has 1 aliphatic heterocycles. The van der Waals surface area contributed by atoms with Crippen LogP contribution in [0, 0.1) is 5.92 Å². The van der Waals surface area contributed by atoms with Crippen LogP contribution >= 0.6 is 0 Å². The van der Waals surface area contributed by atoms with E-state index in [0.717, 1.165) is 0 Å². The van der Waals surface area contributed by atoms with Crippen LogP contribution in [0.2, 0.25) is 0 Å². The lowest BCUT2D eigenvalue weighted by atomic mass is 10.1. The minimum atomic E-state index is -3.45. The molecule has 1 N–H and O–H groups in total. The standard InChI is InChI=1S/C16H18F4N2O3/c1-9(2)8-25-11-5-3-10(4-6-11)14(23)22-16(24,15(19)20)7-12(21-22)13(17)18/h3-6,9,13,15,24H,7-8H2,1-2H3/t16-/m0/s1. The van der Waals surface area contributed by atoms with Crippen molar-refractivity contribution >= 4 is 11.6 Å². The molecular weight excluding hydrogens is 344 g/mol. The summed E-state index contributed by atoms with van der Waals surface area (Å²) in [5.74, 6) is -0.351. The molecule has 0 fully saturated rings. The first-order chi connectivity index (χ1) is 11.6. The summed E-state index contributed by atoms with van der Waals surface area (Å²) in [5.41, 5.74) is -4.14. The van der Waals surface area contributed by atoms with E-state index in [2.05, 4.69) is 5.10 Å². The highest BCUT2D eigenvalue weighted by Gasteiger charge is 2.53. The molecule has 1 aliphatic rings. The average Bonchev–Trinajstić information content (AvgIpc) is 2.92. The average molecular weight is 362 g/mol. The van der Waals surface area contributed by atoms with E-state index < -0.39 is 36.6 Å². The van der Waals surface area contributed by atoms with Crippen molar-refractivity contribution in [2.24, 2.45) is 11.0 Å². The predicted octanol–water partition coefficient (Wildman–Crippen LogP) is 3.14. The number of halogens is 4. The molecule has 0 radical (unpaired) electrons. The highest BCUT2D eigenvalue weighted by atomic mass is 19.3. The molecule has 0 saturated carbocycles. The molecular formula is C16H18F4N2O3. The molecule has 1 heterocycles. The zero-order valence-corrected chi connectivity index (χ0v) is 13.6. The van der Waals surface area contributed by atoms with Gasteiger partial charge in [0.1, 0.15) is 11.5 Å². The third-order valence-corrected chi connectivity index (χ3v) is 3.51. The Morgan fingerprint density at radius 2 is 1.88 bits per heavy atom. The van der Waals surface area contributed by atoms with E-state index in [0.29, 0.717) is 12.4 Å². The van der Waals surface area contributed by atoms with Crippen LogP contribution in [-0.2, 0) is 0 Å². The number of benzene rings is 1. The van der Waals surface area contributed by atoms with E-state index in [1.165, 1.54) is 24.3 Å². The number of hydrogen-bond donors (Lipinski definition) is 1. The van der Waals surface area contributed by atoms with Crippen LogP contribution < -0.4 is 4.74 Å². The minimum absolute atomic E-state index is 0.0309. The van der Waals surface area contributed by atoms with Gasteiger partial charge in [-0.05, 0) is 30.2 Å². The van der Waals surface area contributed by atoms with Gasteiger partial charge >= 0.3 is 0 Å². The van der Waals surface area contributed by atoms with Crippen molar-refractivity contribution in [3.63, 3.8) is 0 Å². The first-order valence-electron chi connectivity index (χ1n) is 7.58. The van der Waals surface area contributed by atoms with E-state index in [9.17, 15) is 27.5 Å². The molecule has 1 aromatic rings. The van der Waals surface area contributed by atoms with Gasteiger partial charge in [0.25, 0.3) is 18.8 Å². The molecule has 5 nitrogen and oxygen atoms in total. The summed E-state index contributed by atoms with van der Waals surface area (Å²) in [6.45, 7) is 4.36. The van der Waals surface area contributed by atoms with Crippen molar-refractivity contribution in [2.75, 3.05) is 6.61 Å². The zero-order chi connectivity index (χ0) is 18.8. The fourth-order valence-electron chi connectivity index (χ4n) is 2.18. The van der Waals surface area contributed by atoms with Crippen LogP contribution in [0.25, 0.3) is 0 Å². The molecule has 1 atom stereocenters. The molecule has 1 amide bonds. The number of carbonyl (C=O) groups is 1. The van der Waals surface area contributed by atoms with Gasteiger partial charge in [-0.2, -0.15) is 10.1 Å². The fourth-order valence-corrected chi connectivity index (χ4v) is 2.18. The number of carbonyl (C=O) groups excluding carboxylic acids is 1. The topological polar surface area (TPSA) is 62.1 Å². The minimum Gasteiger partial charge on any atom is -0.493 e. The summed E-state index contributed by atoms with van der Waals surface area (Å²) in [6.07, 6.45) is -7.70. The molecule has 25 heavy (non-hydrogen) atoms. The zero-order valence-electron chi connectivity index (χ0n) is 13.6. The number of amides is 1. The second-order valence-corrected chi connectivity index (χ2v) is 6.09. The van der Waals surface area contributed by atoms with Crippen molar-refractivity contribution in [3.05, 3.63) is 29.8 Å². The van der Waals surface area contributed by atoms with E-state index in [1.54, 1.807) is 0 Å². The van der Waals surface area contributed by atoms with Gasteiger partial charge < -0.3 is 9.84 Å². The number of hydrogen-bond acceptors (Lipinski definition) is 4. The van der Waals surface area contributed by atoms with E-state index in [-0.39, 0.29) is 16.5 Å². The first kappa shape index (κ1) is 19.2. The number of hydrazone groups is 1. The van der Waals surface area contributed by atoms with Gasteiger partial charge in [0, 0.05) is 12.0 Å². The molecule has 138 valence electrons. The van der Waals surface area contributed by atoms with Gasteiger partial charge in [0.2, 0.25) is 5.72 Å². The van der Waals surface area contributed by atoms with Crippen LogP contribution in [0.3, 0.4) is 0 Å². The summed E-state index contributed by atoms with van der Waals surface area (Å²) in [6, 6.07) is 5.48. The van der Waals surface area contributed by atoms with Crippen molar-refractivity contribution in [1.29, 1.82) is 0 Å². The third kappa shape index (κ3) is 4.09. The maximum atomic E-state index is 13.1. The maximum Gasteiger partial charge on any atom is 0.287 e. The third-order valence-electron chi connectivity index (χ3n) is 3.51. The molecule has 9 heteroatoms. The Morgan fingerprint density at radius 1 is 1.28 bits per heavy atom. The number of rotatable bonds is 6. The van der Waals surface area contributed by atoms with Crippen molar-refractivity contribution in [3.8, 4) is 5.75 Å². The number of ether oxygens (including phenoxy) is 1. The van der Waals surface area contributed by atoms with Crippen molar-refractivity contribution in [2.45, 2.75) is 38.8 Å². The highest BCUT2D eigenvalue weighted by molar-refractivity contribution is 5.99. The van der Waals surface area contributed by atoms with Gasteiger partial charge in [-0.3, -0.25) is 4.79 Å². The lowest BCUT2D eigenvalue weighted by Crippen LogP contribution is -2.51. The largest absolute Gasteiger partial charge is 0.493 e. The lowest BCUT2D eigenvalue weighted by molar-refractivity contribution is -0.164. The second kappa shape index (κ2) is 7.38. The smallest absolute Gasteiger partial charge is 0.287 e. The highest BCUT2D eigenvalue weighted by Crippen LogP contribution is 2.34. The summed E-state index contributed by atoms with van der Waals surface area (Å²) in [4.78, 5) is 12.4. The van der Waals surface area contributed by atoms with Gasteiger partial charge in [-0.1, -0.05) is 13.8 Å². The Kier molecular flexibility index (Phi) is 5.66. The Morgan fingerprint density at radius 3 is 2.36 bits per heavy atom. The maximum absolute atomic E-state index is 13.1. The van der Waals surface area contributed by atoms with Crippen LogP contribution in [0.4, 0.5) is 17.6 Å². The molecule has 0 aromatic heterocycles. The van der Waals surface area contributed by atoms with Crippen molar-refractivity contribution < 1.29 is 32.2 Å². The van der Waals surface area contributed by atoms with Crippen LogP contribution in [0.1, 0.15) is 30.6 Å². The van der Waals surface area contributed by atoms with Crippen molar-refractivity contribution in [1.82, 2.24) is 5.01 Å². The molecule has 0 saturated heterocycles. The number of aliphatic hydroxyl groups is 1. The van der Waals surface area contributed by atoms with Crippen LogP contribution in [0.5, 0.6) is 5.75 Å². The van der Waals surface area contributed by atoms with Gasteiger partial charge in [0.05, 0.1) is 6.61 Å². The van der Waals surface area contributed by atoms with Gasteiger partial charge in [0.15, 0.2) is 0 Å². The second-order valence-electron chi connectivity index (χ2n) is 6.09. The lowest BCUT2D eigenvalue weighted by Gasteiger charge is -2.30. The molecule has 2 rings (SSSR count). The quantitative estimate of drug-likeness (QED) is 0.791. The van der Waals surface area contributed by atoms with E-state index in [1.807, 2.05) is 13.8 Å². The van der Waals surface area contributed by atoms with Gasteiger partial charge in [-0.15, -0.1) is 0 Å². The van der Waals surface area contributed by atoms with Gasteiger partial charge in [-0.25, -0.2) is 17.6 Å². The Hall–Kier alpha value is -2.16. The van der Waals surface area contributed by atoms with E-state index >= 15 is 0 Å². The predicted molar refractivity (Wildman–Crippen MR) is 82.0 cm³/mol. The molecule has 0 bridgehead atoms. The molecule has 1 aromatic carbocycles. The summed E-state index contributed by atoms with van der Waals surface area (Å²) < 4.78 is 57.2. The Balaban J connectivity index is 2.22. The SMILES string of the molecule is CC(C)COc1ccc(C(=O)N2N=C(C(F)F)C[C@]2(O)C(F)F)cc1. The number of nitrogens with zero attached hydrogens (tertiary/aromatic N) is 2. The number of alkyl halides is 4. The van der Waals surface area contributed by atoms with E-state index in [4.69, 9.17) is 4.74 Å². The molecule has 0 aliphatic carbocycles. The molecule has 0 spiro atoms. The van der Waals surface area contributed by atoms with Crippen LogP contribution in [-0.4, -0.2) is 46.9 Å². The monoisotopic (exact) mass is 362 g/mol. The normalized spacial score (nSPS) is 20.6. The fraction of sp³-hybridized carbons (Fsp3) is 0.500. The first-order valence-corrected chi connectivity index (χ1v) is 7.58. The Bertz CT molecular complexity index is 649. The summed E-state index contributed by atoms with van der Waals surface area (Å²) in [5, 5.41) is 13.2. The summed E-state index contributed by atoms with van der Waals surface area (Å²) >= 11 is 0. The summed E-state index contributed by atoms with van der Waals surface area (Å²) in [7, 11) is 0. The molecule has 0 unspecified atom stereocenters. The Labute approximate surface area is 141 Å².